The fraction of sp³-hybridized carbons (Fsp3) is 0.483. The summed E-state index contributed by atoms with van der Waals surface area (Å²) in [5, 5.41) is 17.3. The third-order valence-electron chi connectivity index (χ3n) is 6.63. The predicted octanol–water partition coefficient (Wildman–Crippen LogP) is 3.13. The number of nitrogens with two attached hydrogens (primary N) is 1. The Balaban J connectivity index is 1.91. The molecule has 9 heteroatoms. The summed E-state index contributed by atoms with van der Waals surface area (Å²) in [4.78, 5) is 41.8. The van der Waals surface area contributed by atoms with Crippen LogP contribution in [0.1, 0.15) is 63.0 Å². The Hall–Kier alpha value is -3.04. The third-order valence-corrected chi connectivity index (χ3v) is 8.01. The largest absolute Gasteiger partial charge is 0.398 e. The number of amides is 3. The van der Waals surface area contributed by atoms with Crippen LogP contribution in [0.15, 0.2) is 48.5 Å². The quantitative estimate of drug-likeness (QED) is 0.382. The topological polar surface area (TPSA) is 125 Å². The van der Waals surface area contributed by atoms with E-state index in [0.29, 0.717) is 23.2 Å². The maximum atomic E-state index is 13.8. The number of aliphatic hydroxyl groups is 1. The molecule has 1 heterocycles. The molecule has 0 bridgehead atoms. The molecule has 0 spiro atoms. The molecule has 0 saturated carbocycles. The molecule has 3 atom stereocenters. The van der Waals surface area contributed by atoms with Crippen molar-refractivity contribution in [2.75, 3.05) is 11.6 Å². The summed E-state index contributed by atoms with van der Waals surface area (Å²) in [5.41, 5.74) is 8.10. The predicted molar refractivity (Wildman–Crippen MR) is 153 cm³/mol. The minimum absolute atomic E-state index is 0.229. The third kappa shape index (κ3) is 6.88. The number of nitrogens with one attached hydrogen (secondary N) is 2. The van der Waals surface area contributed by atoms with E-state index in [2.05, 4.69) is 10.6 Å². The molecule has 0 aliphatic carbocycles. The van der Waals surface area contributed by atoms with E-state index in [1.165, 1.54) is 16.7 Å². The summed E-state index contributed by atoms with van der Waals surface area (Å²) >= 11 is 1.48. The van der Waals surface area contributed by atoms with E-state index in [1.807, 2.05) is 71.9 Å². The average Bonchev–Trinajstić information content (AvgIpc) is 3.17. The number of carbonyl (C=O) groups excluding carboxylic acids is 3. The number of hydrogen-bond acceptors (Lipinski definition) is 6. The van der Waals surface area contributed by atoms with Gasteiger partial charge in [-0.2, -0.15) is 0 Å². The van der Waals surface area contributed by atoms with E-state index in [-0.39, 0.29) is 18.2 Å². The summed E-state index contributed by atoms with van der Waals surface area (Å²) in [6.45, 7) is 11.4. The van der Waals surface area contributed by atoms with Crippen molar-refractivity contribution in [1.82, 2.24) is 15.5 Å². The van der Waals surface area contributed by atoms with Crippen LogP contribution in [-0.2, 0) is 22.4 Å². The molecular formula is C29H40N4O4S. The molecular weight excluding hydrogens is 500 g/mol. The van der Waals surface area contributed by atoms with Gasteiger partial charge in [0, 0.05) is 21.5 Å². The smallest absolute Gasteiger partial charge is 0.254 e. The Morgan fingerprint density at radius 2 is 1.79 bits per heavy atom. The van der Waals surface area contributed by atoms with Crippen molar-refractivity contribution in [2.24, 2.45) is 0 Å². The van der Waals surface area contributed by atoms with Gasteiger partial charge >= 0.3 is 0 Å². The van der Waals surface area contributed by atoms with Crippen molar-refractivity contribution in [2.45, 2.75) is 82.9 Å². The van der Waals surface area contributed by atoms with Gasteiger partial charge in [-0.05, 0) is 70.7 Å². The van der Waals surface area contributed by atoms with E-state index >= 15 is 0 Å². The van der Waals surface area contributed by atoms with Crippen molar-refractivity contribution >= 4 is 35.2 Å². The van der Waals surface area contributed by atoms with Gasteiger partial charge in [0.05, 0.1) is 11.9 Å². The van der Waals surface area contributed by atoms with Crippen molar-refractivity contribution in [1.29, 1.82) is 0 Å². The zero-order valence-corrected chi connectivity index (χ0v) is 23.9. The second-order valence-electron chi connectivity index (χ2n) is 11.3. The molecule has 0 radical (unpaired) electrons. The minimum Gasteiger partial charge on any atom is -0.398 e. The summed E-state index contributed by atoms with van der Waals surface area (Å²) in [6.07, 6.45) is -0.776. The molecule has 2 aromatic rings. The molecule has 3 amide bonds. The normalized spacial score (nSPS) is 18.5. The average molecular weight is 541 g/mol. The van der Waals surface area contributed by atoms with Crippen LogP contribution in [0.2, 0.25) is 0 Å². The first kappa shape index (κ1) is 29.5. The van der Waals surface area contributed by atoms with Crippen molar-refractivity contribution in [3.63, 3.8) is 0 Å². The van der Waals surface area contributed by atoms with Crippen LogP contribution in [0, 0.1) is 0 Å². The highest BCUT2D eigenvalue weighted by molar-refractivity contribution is 8.00. The van der Waals surface area contributed by atoms with Gasteiger partial charge in [-0.25, -0.2) is 0 Å². The highest BCUT2D eigenvalue weighted by Crippen LogP contribution is 2.40. The van der Waals surface area contributed by atoms with Gasteiger partial charge in [0.15, 0.2) is 6.10 Å². The number of anilines is 1. The zero-order chi connectivity index (χ0) is 28.3. The van der Waals surface area contributed by atoms with Crippen LogP contribution in [0.25, 0.3) is 0 Å². The number of aliphatic hydroxyl groups excluding tert-OH is 1. The fourth-order valence-corrected chi connectivity index (χ4v) is 5.90. The second-order valence-corrected chi connectivity index (χ2v) is 12.9. The molecule has 0 unspecified atom stereocenters. The van der Waals surface area contributed by atoms with E-state index in [1.54, 1.807) is 18.2 Å². The molecule has 8 nitrogen and oxygen atoms in total. The lowest BCUT2D eigenvalue weighted by Crippen LogP contribution is -2.60. The summed E-state index contributed by atoms with van der Waals surface area (Å²) in [5.74, 6) is -1.03. The molecule has 1 fully saturated rings. The van der Waals surface area contributed by atoms with E-state index in [4.69, 9.17) is 5.73 Å². The first-order chi connectivity index (χ1) is 17.7. The number of thioether (sulfide) groups is 1. The molecule has 38 heavy (non-hydrogen) atoms. The fourth-order valence-electron chi connectivity index (χ4n) is 4.76. The Bertz CT molecular complexity index is 1160. The highest BCUT2D eigenvalue weighted by Gasteiger charge is 2.50. The second kappa shape index (κ2) is 11.8. The van der Waals surface area contributed by atoms with Crippen LogP contribution in [-0.4, -0.2) is 62.1 Å². The lowest BCUT2D eigenvalue weighted by atomic mass is 9.95. The van der Waals surface area contributed by atoms with E-state index in [0.717, 1.165) is 5.56 Å². The van der Waals surface area contributed by atoms with Gasteiger partial charge in [-0.1, -0.05) is 43.3 Å². The van der Waals surface area contributed by atoms with Gasteiger partial charge in [-0.15, -0.1) is 11.8 Å². The van der Waals surface area contributed by atoms with Crippen LogP contribution in [0.4, 0.5) is 5.69 Å². The minimum atomic E-state index is -1.57. The van der Waals surface area contributed by atoms with Gasteiger partial charge in [0.2, 0.25) is 5.91 Å². The summed E-state index contributed by atoms with van der Waals surface area (Å²) in [7, 11) is 0. The molecule has 2 aromatic carbocycles. The number of nitrogen functional groups attached to an aromatic ring is 1. The molecule has 1 saturated heterocycles. The standard InChI is InChI=1S/C29H40N4O4S/c1-7-19-20(14-11-15-21(19)30)25(35)31-22(16-18-12-9-8-10-13-18)23(34)27(37)33-17-38-29(5,6)24(33)26(36)32-28(2,3)4/h8-15,22-24,34H,7,16-17,30H2,1-6H3,(H,31,35)(H,32,36)/t22-,23-,24+/m0/s1. The van der Waals surface area contributed by atoms with Gasteiger partial charge in [0.25, 0.3) is 11.8 Å². The molecule has 206 valence electrons. The zero-order valence-electron chi connectivity index (χ0n) is 23.1. The Morgan fingerprint density at radius 1 is 1.13 bits per heavy atom. The van der Waals surface area contributed by atoms with Crippen LogP contribution in [0.5, 0.6) is 0 Å². The molecule has 5 N–H and O–H groups in total. The maximum Gasteiger partial charge on any atom is 0.254 e. The highest BCUT2D eigenvalue weighted by atomic mass is 32.2. The molecule has 1 aliphatic heterocycles. The number of carbonyl (C=O) groups is 3. The van der Waals surface area contributed by atoms with Crippen LogP contribution < -0.4 is 16.4 Å². The van der Waals surface area contributed by atoms with Gasteiger partial charge in [-0.3, -0.25) is 14.4 Å². The van der Waals surface area contributed by atoms with Crippen LogP contribution in [0.3, 0.4) is 0 Å². The number of hydrogen-bond donors (Lipinski definition) is 4. The summed E-state index contributed by atoms with van der Waals surface area (Å²) in [6, 6.07) is 12.8. The van der Waals surface area contributed by atoms with E-state index < -0.39 is 40.3 Å². The molecule has 1 aliphatic rings. The first-order valence-electron chi connectivity index (χ1n) is 12.9. The number of nitrogens with zero attached hydrogens (tertiary/aromatic N) is 1. The SMILES string of the molecule is CCc1c(N)cccc1C(=O)N[C@@H](Cc1ccccc1)[C@H](O)C(=O)N1CSC(C)(C)[C@H]1C(=O)NC(C)(C)C. The lowest BCUT2D eigenvalue weighted by Gasteiger charge is -2.35. The van der Waals surface area contributed by atoms with Gasteiger partial charge < -0.3 is 26.4 Å². The number of benzene rings is 2. The first-order valence-corrected chi connectivity index (χ1v) is 13.9. The Kier molecular flexibility index (Phi) is 9.15. The number of rotatable bonds is 8. The van der Waals surface area contributed by atoms with Crippen molar-refractivity contribution in [3.05, 3.63) is 65.2 Å². The monoisotopic (exact) mass is 540 g/mol. The van der Waals surface area contributed by atoms with E-state index in [9.17, 15) is 19.5 Å². The maximum absolute atomic E-state index is 13.8. The van der Waals surface area contributed by atoms with Crippen LogP contribution >= 0.6 is 11.8 Å². The molecule has 0 aromatic heterocycles. The molecule has 3 rings (SSSR count). The summed E-state index contributed by atoms with van der Waals surface area (Å²) < 4.78 is -0.555. The Labute approximate surface area is 229 Å². The lowest BCUT2D eigenvalue weighted by molar-refractivity contribution is -0.147. The van der Waals surface area contributed by atoms with Gasteiger partial charge in [0.1, 0.15) is 6.04 Å². The van der Waals surface area contributed by atoms with Crippen molar-refractivity contribution in [3.8, 4) is 0 Å². The Morgan fingerprint density at radius 3 is 2.39 bits per heavy atom. The van der Waals surface area contributed by atoms with Crippen molar-refractivity contribution < 1.29 is 19.5 Å².